The van der Waals surface area contributed by atoms with E-state index in [1.165, 1.54) is 20.8 Å². The number of carbonyl (C=O) groups excluding carboxylic acids is 6. The molecule has 0 saturated heterocycles. The number of nitrogens with two attached hydrogens (primary N) is 1. The number of Topliss-reactive ketones (excluding diaryl/α,β-unsaturated/α-hetero) is 6. The highest BCUT2D eigenvalue weighted by Crippen LogP contribution is 1.97. The molecule has 0 saturated carbocycles. The summed E-state index contributed by atoms with van der Waals surface area (Å²) in [4.78, 5) is 91.3. The number of rotatable bonds is 14. The Morgan fingerprint density at radius 1 is 0.595 bits per heavy atom. The highest BCUT2D eigenvalue weighted by molar-refractivity contribution is 6.36. The first kappa shape index (κ1) is 40.5. The summed E-state index contributed by atoms with van der Waals surface area (Å²) in [5, 5.41) is 33.1. The Balaban J connectivity index is -0.000000198. The van der Waals surface area contributed by atoms with Gasteiger partial charge in [0.25, 0.3) is 0 Å². The number of carboxylic acid groups (broad SMARTS) is 3. The van der Waals surface area contributed by atoms with Crippen LogP contribution in [0.5, 0.6) is 0 Å². The quantitative estimate of drug-likeness (QED) is 0.185. The predicted octanol–water partition coefficient (Wildman–Crippen LogP) is 0.132. The summed E-state index contributed by atoms with van der Waals surface area (Å²) >= 11 is 0. The molecule has 0 bridgehead atoms. The van der Waals surface area contributed by atoms with E-state index >= 15 is 0 Å². The maximum Gasteiger partial charge on any atom is 0.303 e. The first-order chi connectivity index (χ1) is 16.8. The van der Waals surface area contributed by atoms with Crippen LogP contribution in [-0.4, -0.2) is 85.2 Å². The molecule has 0 heterocycles. The summed E-state index contributed by atoms with van der Waals surface area (Å²) in [6, 6.07) is -0.615. The zero-order valence-corrected chi connectivity index (χ0v) is 21.6. The fourth-order valence-corrected chi connectivity index (χ4v) is 1.59. The molecule has 14 nitrogen and oxygen atoms in total. The van der Waals surface area contributed by atoms with Crippen molar-refractivity contribution < 1.29 is 63.6 Å². The molecule has 212 valence electrons. The van der Waals surface area contributed by atoms with Crippen molar-refractivity contribution >= 4 is 52.6 Å². The lowest BCUT2D eigenvalue weighted by Crippen LogP contribution is -2.28. The molecule has 37 heavy (non-hydrogen) atoms. The number of hydrogen-bond donors (Lipinski definition) is 5. The van der Waals surface area contributed by atoms with Crippen molar-refractivity contribution in [1.82, 2.24) is 0 Å². The highest BCUT2D eigenvalue weighted by Gasteiger charge is 2.11. The van der Waals surface area contributed by atoms with Gasteiger partial charge in [0.15, 0.2) is 28.9 Å². The second-order valence-electron chi connectivity index (χ2n) is 7.41. The van der Waals surface area contributed by atoms with Crippen molar-refractivity contribution in [2.24, 2.45) is 5.73 Å². The maximum absolute atomic E-state index is 10.4. The van der Waals surface area contributed by atoms with E-state index in [0.29, 0.717) is 6.42 Å². The Bertz CT molecular complexity index is 783. The van der Waals surface area contributed by atoms with Gasteiger partial charge in [-0.3, -0.25) is 43.2 Å². The number of hydrogen-bond acceptors (Lipinski definition) is 11. The third-order valence-electron chi connectivity index (χ3n) is 3.96. The van der Waals surface area contributed by atoms with Crippen LogP contribution in [0.15, 0.2) is 0 Å². The summed E-state index contributed by atoms with van der Waals surface area (Å²) in [6.45, 7) is 6.67. The molecule has 0 fully saturated rings. The lowest BCUT2D eigenvalue weighted by molar-refractivity contribution is -0.140. The maximum atomic E-state index is 10.4. The average Bonchev–Trinajstić information content (AvgIpc) is 2.79. The van der Waals surface area contributed by atoms with Gasteiger partial charge >= 0.3 is 17.9 Å². The lowest BCUT2D eigenvalue weighted by atomic mass is 10.1. The van der Waals surface area contributed by atoms with Crippen LogP contribution < -0.4 is 5.73 Å². The van der Waals surface area contributed by atoms with Gasteiger partial charge in [-0.25, -0.2) is 0 Å². The molecule has 2 atom stereocenters. The fourth-order valence-electron chi connectivity index (χ4n) is 1.59. The van der Waals surface area contributed by atoms with Gasteiger partial charge in [-0.2, -0.15) is 0 Å². The number of carboxylic acids is 3. The minimum absolute atomic E-state index is 0.00463. The van der Waals surface area contributed by atoms with E-state index in [1.54, 1.807) is 6.92 Å². The molecular weight excluding hydrogens is 498 g/mol. The van der Waals surface area contributed by atoms with Crippen LogP contribution >= 0.6 is 0 Å². The average molecular weight is 536 g/mol. The normalized spacial score (nSPS) is 10.8. The highest BCUT2D eigenvalue weighted by atomic mass is 16.4. The number of carbonyl (C=O) groups is 9. The van der Waals surface area contributed by atoms with Crippen LogP contribution in [0.3, 0.4) is 0 Å². The van der Waals surface area contributed by atoms with Crippen LogP contribution in [0.2, 0.25) is 0 Å². The third kappa shape index (κ3) is 34.6. The molecular formula is C23H37NO13. The molecule has 0 aliphatic heterocycles. The third-order valence-corrected chi connectivity index (χ3v) is 3.96. The van der Waals surface area contributed by atoms with Crippen molar-refractivity contribution in [3.05, 3.63) is 0 Å². The zero-order chi connectivity index (χ0) is 30.3. The summed E-state index contributed by atoms with van der Waals surface area (Å²) in [5.74, 6) is -5.37. The Labute approximate surface area is 214 Å². The molecule has 0 radical (unpaired) electrons. The van der Waals surface area contributed by atoms with Gasteiger partial charge in [-0.1, -0.05) is 6.92 Å². The van der Waals surface area contributed by atoms with Crippen molar-refractivity contribution in [3.8, 4) is 0 Å². The second kappa shape index (κ2) is 24.1. The van der Waals surface area contributed by atoms with Gasteiger partial charge in [-0.05, 0) is 26.7 Å². The summed E-state index contributed by atoms with van der Waals surface area (Å²) < 4.78 is 0. The van der Waals surface area contributed by atoms with Crippen molar-refractivity contribution in [3.63, 3.8) is 0 Å². The molecule has 2 unspecified atom stereocenters. The van der Waals surface area contributed by atoms with E-state index < -0.39 is 41.6 Å². The van der Waals surface area contributed by atoms with Crippen LogP contribution in [0.4, 0.5) is 0 Å². The molecule has 0 aliphatic carbocycles. The Hall–Kier alpha value is -3.65. The smallest absolute Gasteiger partial charge is 0.303 e. The molecule has 0 aromatic carbocycles. The largest absolute Gasteiger partial charge is 0.481 e. The Morgan fingerprint density at radius 3 is 1.22 bits per heavy atom. The van der Waals surface area contributed by atoms with E-state index in [2.05, 4.69) is 0 Å². The van der Waals surface area contributed by atoms with E-state index in [4.69, 9.17) is 26.2 Å². The van der Waals surface area contributed by atoms with Gasteiger partial charge in [0.1, 0.15) is 11.9 Å². The fraction of sp³-hybridized carbons (Fsp3) is 0.609. The van der Waals surface area contributed by atoms with Gasteiger partial charge in [-0.15, -0.1) is 0 Å². The van der Waals surface area contributed by atoms with Gasteiger partial charge < -0.3 is 26.2 Å². The molecule has 0 rings (SSSR count). The minimum Gasteiger partial charge on any atom is -0.481 e. The molecule has 0 aliphatic rings. The lowest BCUT2D eigenvalue weighted by Gasteiger charge is -2.03. The molecule has 14 heteroatoms. The van der Waals surface area contributed by atoms with Gasteiger partial charge in [0, 0.05) is 39.5 Å². The number of aliphatic hydroxyl groups is 1. The van der Waals surface area contributed by atoms with Crippen molar-refractivity contribution in [1.29, 1.82) is 0 Å². The molecule has 0 amide bonds. The van der Waals surface area contributed by atoms with Gasteiger partial charge in [0.05, 0.1) is 12.5 Å². The number of aliphatic carboxylic acids is 3. The van der Waals surface area contributed by atoms with E-state index in [0.717, 1.165) is 6.92 Å². The van der Waals surface area contributed by atoms with Crippen molar-refractivity contribution in [2.45, 2.75) is 91.7 Å². The van der Waals surface area contributed by atoms with E-state index in [9.17, 15) is 43.2 Å². The Morgan fingerprint density at radius 2 is 0.973 bits per heavy atom. The minimum atomic E-state index is -1.11. The second-order valence-corrected chi connectivity index (χ2v) is 7.41. The number of ketones is 6. The standard InChI is InChI=1S/C6H11NO3.C6H10O4.C6H8O4.C5H8O2/c1-4(8)5(7)2-3-6(9)10;2*1-4(7)5(8)2-3-6(9)10;1-3-5(7)4(2)6/h5H,2-3,7H2,1H3,(H,9,10);5,8H,2-3H2,1H3,(H,9,10);2-3H2,1H3,(H,9,10);3H2,1-2H3. The summed E-state index contributed by atoms with van der Waals surface area (Å²) in [6.07, 6.45) is -1.22. The molecule has 6 N–H and O–H groups in total. The van der Waals surface area contributed by atoms with Crippen molar-refractivity contribution in [2.75, 3.05) is 0 Å². The predicted molar refractivity (Wildman–Crippen MR) is 128 cm³/mol. The van der Waals surface area contributed by atoms with Crippen LogP contribution in [0.1, 0.15) is 79.6 Å². The first-order valence-corrected chi connectivity index (χ1v) is 11.0. The number of aliphatic hydroxyl groups excluding tert-OH is 1. The van der Waals surface area contributed by atoms with Gasteiger partial charge in [0.2, 0.25) is 0 Å². The molecule has 0 aromatic rings. The Kier molecular flexibility index (Phi) is 26.3. The zero-order valence-electron chi connectivity index (χ0n) is 21.6. The SMILES string of the molecule is CC(=O)C(=O)CCC(=O)O.CC(=O)C(N)CCC(=O)O.CC(=O)C(O)CCC(=O)O.CCC(=O)C(C)=O. The monoisotopic (exact) mass is 535 g/mol. The topological polar surface area (TPSA) is 261 Å². The van der Waals surface area contributed by atoms with E-state index in [-0.39, 0.29) is 61.7 Å². The van der Waals surface area contributed by atoms with E-state index in [1.807, 2.05) is 0 Å². The summed E-state index contributed by atoms with van der Waals surface area (Å²) in [7, 11) is 0. The first-order valence-electron chi connectivity index (χ1n) is 11.0. The van der Waals surface area contributed by atoms with Crippen LogP contribution in [0.25, 0.3) is 0 Å². The van der Waals surface area contributed by atoms with Crippen LogP contribution in [0, 0.1) is 0 Å². The summed E-state index contributed by atoms with van der Waals surface area (Å²) in [5.41, 5.74) is 5.25. The van der Waals surface area contributed by atoms with Crippen LogP contribution in [-0.2, 0) is 43.2 Å². The molecule has 0 aromatic heterocycles. The molecule has 0 spiro atoms.